The maximum absolute atomic E-state index is 12.7. The summed E-state index contributed by atoms with van der Waals surface area (Å²) in [5.41, 5.74) is 11.7. The largest absolute Gasteiger partial charge is 0.364 e. The number of nitrogens with one attached hydrogen (secondary N) is 3. The Kier molecular flexibility index (Phi) is 9.26. The van der Waals surface area contributed by atoms with E-state index in [1.807, 2.05) is 6.20 Å². The number of rotatable bonds is 9. The Morgan fingerprint density at radius 2 is 1.78 bits per heavy atom. The molecule has 4 fully saturated rings. The lowest BCUT2D eigenvalue weighted by molar-refractivity contribution is -0.134. The van der Waals surface area contributed by atoms with Gasteiger partial charge in [0.05, 0.1) is 17.5 Å². The van der Waals surface area contributed by atoms with Gasteiger partial charge in [-0.2, -0.15) is 0 Å². The molecule has 0 radical (unpaired) electrons. The summed E-state index contributed by atoms with van der Waals surface area (Å²) in [6.45, 7) is 5.16. The Labute approximate surface area is 313 Å². The van der Waals surface area contributed by atoms with Crippen LogP contribution in [-0.2, 0) is 9.59 Å². The number of nitrogens with zero attached hydrogens (tertiary/aromatic N) is 5. The number of H-pyrrole nitrogens is 1. The van der Waals surface area contributed by atoms with Gasteiger partial charge in [0.25, 0.3) is 5.91 Å². The third kappa shape index (κ3) is 6.69. The molecule has 1 aliphatic carbocycles. The first kappa shape index (κ1) is 34.5. The fraction of sp³-hybridized carbons (Fsp3) is 0.463. The van der Waals surface area contributed by atoms with E-state index in [-0.39, 0.29) is 17.5 Å². The highest BCUT2D eigenvalue weighted by molar-refractivity contribution is 6.10. The van der Waals surface area contributed by atoms with Crippen LogP contribution in [0.2, 0.25) is 0 Å². The first-order chi connectivity index (χ1) is 26.4. The summed E-state index contributed by atoms with van der Waals surface area (Å²) in [7, 11) is 0. The fourth-order valence-electron chi connectivity index (χ4n) is 9.46. The van der Waals surface area contributed by atoms with Crippen molar-refractivity contribution in [1.29, 1.82) is 0 Å². The fourth-order valence-corrected chi connectivity index (χ4v) is 9.46. The van der Waals surface area contributed by atoms with E-state index in [1.54, 1.807) is 6.20 Å². The number of likely N-dealkylation sites (tertiary alicyclic amines) is 1. The molecular weight excluding hydrogens is 683 g/mol. The van der Waals surface area contributed by atoms with Gasteiger partial charge in [-0.15, -0.1) is 0 Å². The summed E-state index contributed by atoms with van der Waals surface area (Å²) in [5, 5.41) is 12.0. The van der Waals surface area contributed by atoms with Crippen molar-refractivity contribution >= 4 is 56.9 Å². The molecule has 0 bridgehead atoms. The second-order valence-corrected chi connectivity index (χ2v) is 15.7. The van der Waals surface area contributed by atoms with Crippen molar-refractivity contribution in [2.45, 2.75) is 82.0 Å². The number of aromatic nitrogens is 4. The van der Waals surface area contributed by atoms with Crippen LogP contribution in [0.25, 0.3) is 21.9 Å². The molecule has 1 saturated carbocycles. The molecule has 3 aliphatic heterocycles. The highest BCUT2D eigenvalue weighted by Crippen LogP contribution is 2.45. The van der Waals surface area contributed by atoms with Crippen molar-refractivity contribution < 1.29 is 18.9 Å². The minimum atomic E-state index is -0.598. The van der Waals surface area contributed by atoms with Crippen molar-refractivity contribution in [1.82, 2.24) is 30.3 Å². The van der Waals surface area contributed by atoms with Crippen LogP contribution in [0.4, 0.5) is 17.3 Å². The molecule has 13 nitrogen and oxygen atoms in total. The number of aromatic amines is 1. The quantitative estimate of drug-likeness (QED) is 0.128. The summed E-state index contributed by atoms with van der Waals surface area (Å²) in [5.74, 6) is 1.11. The Morgan fingerprint density at radius 3 is 2.56 bits per heavy atom. The van der Waals surface area contributed by atoms with Gasteiger partial charge < -0.3 is 30.4 Å². The standard InChI is InChI=1S/C41H47N9O4/c42-39(52)38-40(46-33(22-44-38)50-16-2-1-3-17-50)45-28-8-6-25(7-9-28)26-13-18-49(19-14-26)23-24-4-5-27(20-24)31-21-32-35(29-12-15-43-36(29)31)37(48-54-32)30-10-11-34(51)47-41(30)53/h6-9,12,15,21-22,24,26-27,30,43H,1-5,10-11,13-14,16-20,23H2,(H2,42,52)(H,45,46)(H,47,51,53). The van der Waals surface area contributed by atoms with Crippen LogP contribution in [0.3, 0.4) is 0 Å². The predicted octanol–water partition coefficient (Wildman–Crippen LogP) is 6.22. The molecule has 3 amide bonds. The van der Waals surface area contributed by atoms with Crippen molar-refractivity contribution in [3.8, 4) is 0 Å². The number of amides is 3. The van der Waals surface area contributed by atoms with Crippen molar-refractivity contribution in [2.75, 3.05) is 42.9 Å². The number of carbonyl (C=O) groups excluding carboxylic acids is 3. The summed E-state index contributed by atoms with van der Waals surface area (Å²) < 4.78 is 5.86. The first-order valence-corrected chi connectivity index (χ1v) is 19.6. The maximum atomic E-state index is 12.7. The number of anilines is 3. The molecule has 9 rings (SSSR count). The van der Waals surface area contributed by atoms with Gasteiger partial charge in [-0.05, 0) is 124 Å². The number of nitrogens with two attached hydrogens (primary N) is 1. The summed E-state index contributed by atoms with van der Waals surface area (Å²) in [4.78, 5) is 54.1. The number of hydrogen-bond acceptors (Lipinski definition) is 10. The molecule has 5 N–H and O–H groups in total. The SMILES string of the molecule is NC(=O)c1ncc(N2CCCCC2)nc1Nc1ccc(C2CCN(CC3CCC(c4cc5onc(C6CCC(=O)NC6=O)c5c5cc[nH]c45)C3)CC2)cc1. The van der Waals surface area contributed by atoms with Crippen LogP contribution >= 0.6 is 0 Å². The zero-order valence-electron chi connectivity index (χ0n) is 30.5. The topological polar surface area (TPSA) is 175 Å². The van der Waals surface area contributed by atoms with Crippen molar-refractivity contribution in [3.05, 3.63) is 71.3 Å². The average Bonchev–Trinajstić information content (AvgIpc) is 3.96. The van der Waals surface area contributed by atoms with Gasteiger partial charge in [0.2, 0.25) is 11.8 Å². The maximum Gasteiger partial charge on any atom is 0.271 e. The molecule has 5 aromatic rings. The molecule has 6 heterocycles. The Bertz CT molecular complexity index is 2200. The predicted molar refractivity (Wildman–Crippen MR) is 206 cm³/mol. The number of imide groups is 1. The first-order valence-electron chi connectivity index (χ1n) is 19.6. The van der Waals surface area contributed by atoms with Crippen LogP contribution in [0.15, 0.2) is 53.3 Å². The zero-order chi connectivity index (χ0) is 36.8. The number of hydrogen-bond donors (Lipinski definition) is 4. The van der Waals surface area contributed by atoms with E-state index in [0.29, 0.717) is 47.7 Å². The second-order valence-electron chi connectivity index (χ2n) is 15.7. The molecule has 3 unspecified atom stereocenters. The molecule has 2 aromatic carbocycles. The van der Waals surface area contributed by atoms with Gasteiger partial charge in [0.15, 0.2) is 17.1 Å². The lowest BCUT2D eigenvalue weighted by Crippen LogP contribution is -2.39. The molecule has 0 spiro atoms. The van der Waals surface area contributed by atoms with Crippen LogP contribution < -0.4 is 21.3 Å². The highest BCUT2D eigenvalue weighted by Gasteiger charge is 2.35. The monoisotopic (exact) mass is 729 g/mol. The molecule has 4 aliphatic rings. The third-order valence-electron chi connectivity index (χ3n) is 12.3. The smallest absolute Gasteiger partial charge is 0.271 e. The van der Waals surface area contributed by atoms with Crippen LogP contribution in [0, 0.1) is 5.92 Å². The van der Waals surface area contributed by atoms with E-state index in [9.17, 15) is 14.4 Å². The molecule has 13 heteroatoms. The van der Waals surface area contributed by atoms with Gasteiger partial charge >= 0.3 is 0 Å². The second kappa shape index (κ2) is 14.5. The van der Waals surface area contributed by atoms with Crippen LogP contribution in [0.5, 0.6) is 0 Å². The van der Waals surface area contributed by atoms with E-state index in [4.69, 9.17) is 15.2 Å². The minimum absolute atomic E-state index is 0.148. The summed E-state index contributed by atoms with van der Waals surface area (Å²) >= 11 is 0. The van der Waals surface area contributed by atoms with Gasteiger partial charge in [-0.25, -0.2) is 9.97 Å². The van der Waals surface area contributed by atoms with Gasteiger partial charge in [0.1, 0.15) is 11.5 Å². The van der Waals surface area contributed by atoms with E-state index in [1.165, 1.54) is 24.0 Å². The van der Waals surface area contributed by atoms with E-state index in [2.05, 4.69) is 72.0 Å². The van der Waals surface area contributed by atoms with E-state index >= 15 is 0 Å². The summed E-state index contributed by atoms with van der Waals surface area (Å²) in [6, 6.07) is 12.7. The third-order valence-corrected chi connectivity index (χ3v) is 12.3. The number of carbonyl (C=O) groups is 3. The summed E-state index contributed by atoms with van der Waals surface area (Å²) in [6.07, 6.45) is 13.5. The molecular formula is C41H47N9O4. The van der Waals surface area contributed by atoms with Gasteiger partial charge in [-0.3, -0.25) is 19.7 Å². The molecule has 3 aromatic heterocycles. The average molecular weight is 730 g/mol. The number of fused-ring (bicyclic) bond motifs is 3. The lowest BCUT2D eigenvalue weighted by Gasteiger charge is -2.34. The number of primary amides is 1. The highest BCUT2D eigenvalue weighted by atomic mass is 16.5. The van der Waals surface area contributed by atoms with E-state index < -0.39 is 11.8 Å². The van der Waals surface area contributed by atoms with Gasteiger partial charge in [0, 0.05) is 48.8 Å². The van der Waals surface area contributed by atoms with Gasteiger partial charge in [-0.1, -0.05) is 17.3 Å². The molecule has 280 valence electrons. The number of benzene rings is 2. The van der Waals surface area contributed by atoms with Crippen molar-refractivity contribution in [3.63, 3.8) is 0 Å². The van der Waals surface area contributed by atoms with Crippen LogP contribution in [-0.4, -0.2) is 75.5 Å². The molecule has 3 saturated heterocycles. The normalized spacial score (nSPS) is 23.0. The Hall–Kier alpha value is -5.30. The minimum Gasteiger partial charge on any atom is -0.364 e. The van der Waals surface area contributed by atoms with Crippen LogP contribution in [0.1, 0.15) is 109 Å². The zero-order valence-corrected chi connectivity index (χ0v) is 30.5. The Morgan fingerprint density at radius 1 is 0.963 bits per heavy atom. The molecule has 54 heavy (non-hydrogen) atoms. The lowest BCUT2D eigenvalue weighted by atomic mass is 9.88. The molecule has 3 atom stereocenters. The van der Waals surface area contributed by atoms with E-state index in [0.717, 1.165) is 99.0 Å². The Balaban J connectivity index is 0.810. The van der Waals surface area contributed by atoms with Crippen molar-refractivity contribution in [2.24, 2.45) is 11.7 Å². The number of piperidine rings is 3.